The number of anilines is 2. The minimum absolute atomic E-state index is 0.00416. The summed E-state index contributed by atoms with van der Waals surface area (Å²) in [5.41, 5.74) is 5.85. The van der Waals surface area contributed by atoms with Gasteiger partial charge in [-0.05, 0) is 24.7 Å². The quantitative estimate of drug-likeness (QED) is 0.652. The summed E-state index contributed by atoms with van der Waals surface area (Å²) in [6.07, 6.45) is 0. The molecule has 0 aromatic heterocycles. The predicted molar refractivity (Wildman–Crippen MR) is 68.6 cm³/mol. The highest BCUT2D eigenvalue weighted by Crippen LogP contribution is 2.16. The maximum Gasteiger partial charge on any atom is 0.238 e. The standard InChI is InChI=1S/C12H18FN3O2/c1-2-16(5-6-17)8-12(18)15-9-3-4-10(13)11(14)7-9/h3-4,7,17H,2,5-6,8,14H2,1H3,(H,15,18). The first-order valence-corrected chi connectivity index (χ1v) is 5.75. The Kier molecular flexibility index (Phi) is 5.54. The van der Waals surface area contributed by atoms with Crippen LogP contribution in [0.3, 0.4) is 0 Å². The van der Waals surface area contributed by atoms with Gasteiger partial charge in [0, 0.05) is 12.2 Å². The Morgan fingerprint density at radius 3 is 2.83 bits per heavy atom. The average Bonchev–Trinajstić information content (AvgIpc) is 2.33. The fourth-order valence-electron chi connectivity index (χ4n) is 1.52. The first-order chi connectivity index (χ1) is 8.56. The lowest BCUT2D eigenvalue weighted by Crippen LogP contribution is -2.35. The lowest BCUT2D eigenvalue weighted by molar-refractivity contribution is -0.117. The zero-order valence-electron chi connectivity index (χ0n) is 10.3. The summed E-state index contributed by atoms with van der Waals surface area (Å²) >= 11 is 0. The molecule has 1 amide bonds. The highest BCUT2D eigenvalue weighted by molar-refractivity contribution is 5.92. The smallest absolute Gasteiger partial charge is 0.238 e. The van der Waals surface area contributed by atoms with Crippen LogP contribution in [0.25, 0.3) is 0 Å². The van der Waals surface area contributed by atoms with Gasteiger partial charge in [0.05, 0.1) is 18.8 Å². The molecule has 1 rings (SSSR count). The molecule has 0 aliphatic rings. The number of nitrogens with two attached hydrogens (primary N) is 1. The molecule has 0 spiro atoms. The maximum atomic E-state index is 12.9. The van der Waals surface area contributed by atoms with E-state index in [4.69, 9.17) is 10.8 Å². The van der Waals surface area contributed by atoms with E-state index >= 15 is 0 Å². The first-order valence-electron chi connectivity index (χ1n) is 5.75. The van der Waals surface area contributed by atoms with E-state index in [1.165, 1.54) is 18.2 Å². The fourth-order valence-corrected chi connectivity index (χ4v) is 1.52. The molecule has 100 valence electrons. The van der Waals surface area contributed by atoms with Gasteiger partial charge in [0.2, 0.25) is 5.91 Å². The van der Waals surface area contributed by atoms with E-state index in [2.05, 4.69) is 5.32 Å². The number of hydrogen-bond acceptors (Lipinski definition) is 4. The van der Waals surface area contributed by atoms with Gasteiger partial charge in [-0.1, -0.05) is 6.92 Å². The number of carbonyl (C=O) groups excluding carboxylic acids is 1. The number of aliphatic hydroxyl groups is 1. The number of nitrogens with zero attached hydrogens (tertiary/aromatic N) is 1. The molecule has 0 fully saturated rings. The largest absolute Gasteiger partial charge is 0.396 e. The summed E-state index contributed by atoms with van der Waals surface area (Å²) in [6.45, 7) is 3.19. The van der Waals surface area contributed by atoms with Crippen LogP contribution in [0.2, 0.25) is 0 Å². The zero-order valence-corrected chi connectivity index (χ0v) is 10.3. The van der Waals surface area contributed by atoms with Crippen molar-refractivity contribution in [1.82, 2.24) is 4.90 Å². The number of hydrogen-bond donors (Lipinski definition) is 3. The average molecular weight is 255 g/mol. The fraction of sp³-hybridized carbons (Fsp3) is 0.417. The van der Waals surface area contributed by atoms with Crippen molar-refractivity contribution in [2.45, 2.75) is 6.92 Å². The highest BCUT2D eigenvalue weighted by atomic mass is 19.1. The number of halogens is 1. The third kappa shape index (κ3) is 4.31. The molecule has 0 bridgehead atoms. The predicted octanol–water partition coefficient (Wildman–Crippen LogP) is 0.661. The molecule has 1 aromatic carbocycles. The lowest BCUT2D eigenvalue weighted by atomic mass is 10.2. The van der Waals surface area contributed by atoms with Crippen LogP contribution in [-0.4, -0.2) is 42.2 Å². The molecule has 0 aliphatic heterocycles. The van der Waals surface area contributed by atoms with Crippen molar-refractivity contribution in [2.24, 2.45) is 0 Å². The zero-order chi connectivity index (χ0) is 13.5. The molecule has 0 unspecified atom stereocenters. The second kappa shape index (κ2) is 6.93. The van der Waals surface area contributed by atoms with E-state index < -0.39 is 5.82 Å². The number of likely N-dealkylation sites (N-methyl/N-ethyl adjacent to an activating group) is 1. The van der Waals surface area contributed by atoms with Crippen LogP contribution in [0.15, 0.2) is 18.2 Å². The van der Waals surface area contributed by atoms with Crippen LogP contribution in [0.4, 0.5) is 15.8 Å². The molecule has 0 saturated carbocycles. The van der Waals surface area contributed by atoms with Gasteiger partial charge < -0.3 is 16.2 Å². The van der Waals surface area contributed by atoms with Crippen molar-refractivity contribution in [3.63, 3.8) is 0 Å². The number of nitrogens with one attached hydrogen (secondary N) is 1. The van der Waals surface area contributed by atoms with Gasteiger partial charge in [0.1, 0.15) is 5.82 Å². The van der Waals surface area contributed by atoms with Gasteiger partial charge >= 0.3 is 0 Å². The molecule has 0 heterocycles. The molecular weight excluding hydrogens is 237 g/mol. The molecular formula is C12H18FN3O2. The molecule has 4 N–H and O–H groups in total. The Morgan fingerprint density at radius 1 is 1.56 bits per heavy atom. The third-order valence-corrected chi connectivity index (χ3v) is 2.51. The Labute approximate surface area is 105 Å². The van der Waals surface area contributed by atoms with Gasteiger partial charge in [0.15, 0.2) is 0 Å². The topological polar surface area (TPSA) is 78.6 Å². The highest BCUT2D eigenvalue weighted by Gasteiger charge is 2.09. The van der Waals surface area contributed by atoms with Crippen molar-refractivity contribution >= 4 is 17.3 Å². The molecule has 1 aromatic rings. The molecule has 0 radical (unpaired) electrons. The third-order valence-electron chi connectivity index (χ3n) is 2.51. The maximum absolute atomic E-state index is 12.9. The minimum atomic E-state index is -0.511. The summed E-state index contributed by atoms with van der Waals surface area (Å²) < 4.78 is 12.9. The monoisotopic (exact) mass is 255 g/mol. The second-order valence-corrected chi connectivity index (χ2v) is 3.88. The van der Waals surface area contributed by atoms with Crippen molar-refractivity contribution in [1.29, 1.82) is 0 Å². The Morgan fingerprint density at radius 2 is 2.28 bits per heavy atom. The van der Waals surface area contributed by atoms with Gasteiger partial charge in [-0.3, -0.25) is 9.69 Å². The van der Waals surface area contributed by atoms with Crippen LogP contribution in [0, 0.1) is 5.82 Å². The summed E-state index contributed by atoms with van der Waals surface area (Å²) in [5, 5.41) is 11.4. The number of benzene rings is 1. The number of carbonyl (C=O) groups is 1. The molecule has 0 saturated heterocycles. The number of rotatable bonds is 6. The SMILES string of the molecule is CCN(CCO)CC(=O)Nc1ccc(F)c(N)c1. The van der Waals surface area contributed by atoms with Crippen LogP contribution < -0.4 is 11.1 Å². The van der Waals surface area contributed by atoms with Crippen molar-refractivity contribution in [3.8, 4) is 0 Å². The first kappa shape index (κ1) is 14.4. The number of amides is 1. The molecule has 5 nitrogen and oxygen atoms in total. The Balaban J connectivity index is 2.55. The van der Waals surface area contributed by atoms with Crippen molar-refractivity contribution in [3.05, 3.63) is 24.0 Å². The van der Waals surface area contributed by atoms with Crippen LogP contribution in [-0.2, 0) is 4.79 Å². The molecule has 18 heavy (non-hydrogen) atoms. The molecule has 6 heteroatoms. The summed E-state index contributed by atoms with van der Waals surface area (Å²) in [4.78, 5) is 13.5. The van der Waals surface area contributed by atoms with E-state index in [0.29, 0.717) is 18.8 Å². The van der Waals surface area contributed by atoms with Crippen LogP contribution >= 0.6 is 0 Å². The van der Waals surface area contributed by atoms with Crippen LogP contribution in [0.5, 0.6) is 0 Å². The van der Waals surface area contributed by atoms with Gasteiger partial charge in [-0.15, -0.1) is 0 Å². The van der Waals surface area contributed by atoms with Crippen molar-refractivity contribution < 1.29 is 14.3 Å². The van der Waals surface area contributed by atoms with E-state index in [9.17, 15) is 9.18 Å². The van der Waals surface area contributed by atoms with Gasteiger partial charge in [0.25, 0.3) is 0 Å². The Hall–Kier alpha value is -1.66. The lowest BCUT2D eigenvalue weighted by Gasteiger charge is -2.18. The van der Waals surface area contributed by atoms with Gasteiger partial charge in [-0.2, -0.15) is 0 Å². The summed E-state index contributed by atoms with van der Waals surface area (Å²) in [6, 6.07) is 4.03. The van der Waals surface area contributed by atoms with Crippen LogP contribution in [0.1, 0.15) is 6.92 Å². The summed E-state index contributed by atoms with van der Waals surface area (Å²) in [7, 11) is 0. The molecule has 0 aliphatic carbocycles. The second-order valence-electron chi connectivity index (χ2n) is 3.88. The van der Waals surface area contributed by atoms with Crippen molar-refractivity contribution in [2.75, 3.05) is 37.3 Å². The van der Waals surface area contributed by atoms with E-state index in [1.54, 1.807) is 4.90 Å². The van der Waals surface area contributed by atoms with E-state index in [1.807, 2.05) is 6.92 Å². The van der Waals surface area contributed by atoms with E-state index in [-0.39, 0.29) is 24.7 Å². The number of nitrogen functional groups attached to an aromatic ring is 1. The van der Waals surface area contributed by atoms with Gasteiger partial charge in [-0.25, -0.2) is 4.39 Å². The van der Waals surface area contributed by atoms with E-state index in [0.717, 1.165) is 0 Å². The minimum Gasteiger partial charge on any atom is -0.396 e. The molecule has 0 atom stereocenters. The number of aliphatic hydroxyl groups excluding tert-OH is 1. The Bertz CT molecular complexity index is 412. The normalized spacial score (nSPS) is 10.7. The summed E-state index contributed by atoms with van der Waals surface area (Å²) in [5.74, 6) is -0.736.